The molecule has 1 amide bonds. The molecule has 2 rings (SSSR count). The van der Waals surface area contributed by atoms with E-state index in [0.29, 0.717) is 18.1 Å². The Morgan fingerprint density at radius 3 is 2.65 bits per heavy atom. The summed E-state index contributed by atoms with van der Waals surface area (Å²) >= 11 is 11.3. The van der Waals surface area contributed by atoms with E-state index in [1.807, 2.05) is 18.2 Å². The number of amides is 1. The third kappa shape index (κ3) is 3.51. The van der Waals surface area contributed by atoms with Crippen LogP contribution in [0.2, 0.25) is 5.02 Å². The predicted molar refractivity (Wildman–Crippen MR) is 67.9 cm³/mol. The Labute approximate surface area is 110 Å². The number of nitrogens with zero attached hydrogens (tertiary/aromatic N) is 1. The van der Waals surface area contributed by atoms with Gasteiger partial charge in [0.2, 0.25) is 0 Å². The molecule has 1 saturated heterocycles. The van der Waals surface area contributed by atoms with Crippen LogP contribution in [0.5, 0.6) is 5.75 Å². The number of benzene rings is 1. The summed E-state index contributed by atoms with van der Waals surface area (Å²) in [5.41, 5.74) is 0. The molecule has 17 heavy (non-hydrogen) atoms. The van der Waals surface area contributed by atoms with E-state index < -0.39 is 0 Å². The summed E-state index contributed by atoms with van der Waals surface area (Å²) in [6.07, 6.45) is 1.72. The van der Waals surface area contributed by atoms with Crippen molar-refractivity contribution in [1.29, 1.82) is 0 Å². The second-order valence-electron chi connectivity index (χ2n) is 4.01. The summed E-state index contributed by atoms with van der Waals surface area (Å²) in [7, 11) is 0. The largest absolute Gasteiger partial charge is 0.490 e. The quantitative estimate of drug-likeness (QED) is 0.609. The van der Waals surface area contributed by atoms with E-state index >= 15 is 0 Å². The smallest absolute Gasteiger partial charge is 0.316 e. The molecule has 92 valence electrons. The van der Waals surface area contributed by atoms with E-state index in [9.17, 15) is 4.79 Å². The monoisotopic (exact) mass is 273 g/mol. The highest BCUT2D eigenvalue weighted by Crippen LogP contribution is 2.22. The van der Waals surface area contributed by atoms with Gasteiger partial charge in [-0.2, -0.15) is 0 Å². The van der Waals surface area contributed by atoms with Gasteiger partial charge >= 0.3 is 5.37 Å². The minimum Gasteiger partial charge on any atom is -0.490 e. The zero-order valence-corrected chi connectivity index (χ0v) is 10.7. The molecule has 1 heterocycles. The van der Waals surface area contributed by atoms with Gasteiger partial charge in [0.1, 0.15) is 11.9 Å². The summed E-state index contributed by atoms with van der Waals surface area (Å²) in [5.74, 6) is 0.771. The lowest BCUT2D eigenvalue weighted by atomic mass is 10.1. The SMILES string of the molecule is O=C(Cl)N1CCC(Oc2cccc(Cl)c2)CC1. The van der Waals surface area contributed by atoms with Gasteiger partial charge in [0, 0.05) is 31.0 Å². The first-order chi connectivity index (χ1) is 8.15. The molecule has 0 spiro atoms. The predicted octanol–water partition coefficient (Wildman–Crippen LogP) is 3.54. The number of halogens is 2. The van der Waals surface area contributed by atoms with Crippen LogP contribution in [0.3, 0.4) is 0 Å². The minimum absolute atomic E-state index is 0.126. The maximum Gasteiger partial charge on any atom is 0.316 e. The first-order valence-electron chi connectivity index (χ1n) is 5.52. The van der Waals surface area contributed by atoms with Gasteiger partial charge in [0.05, 0.1) is 0 Å². The van der Waals surface area contributed by atoms with Crippen molar-refractivity contribution >= 4 is 28.6 Å². The van der Waals surface area contributed by atoms with Crippen LogP contribution < -0.4 is 4.74 Å². The molecule has 1 fully saturated rings. The van der Waals surface area contributed by atoms with Crippen molar-refractivity contribution in [1.82, 2.24) is 4.90 Å². The summed E-state index contributed by atoms with van der Waals surface area (Å²) in [6.45, 7) is 1.29. The summed E-state index contributed by atoms with van der Waals surface area (Å²) < 4.78 is 5.80. The van der Waals surface area contributed by atoms with E-state index in [4.69, 9.17) is 27.9 Å². The highest BCUT2D eigenvalue weighted by atomic mass is 35.5. The molecule has 0 aliphatic carbocycles. The highest BCUT2D eigenvalue weighted by Gasteiger charge is 2.22. The Bertz CT molecular complexity index is 403. The number of carbonyl (C=O) groups excluding carboxylic acids is 1. The molecule has 0 radical (unpaired) electrons. The van der Waals surface area contributed by atoms with Crippen LogP contribution in [-0.2, 0) is 0 Å². The molecule has 0 aromatic heterocycles. The van der Waals surface area contributed by atoms with Gasteiger partial charge in [-0.3, -0.25) is 4.79 Å². The van der Waals surface area contributed by atoms with Gasteiger partial charge in [-0.15, -0.1) is 0 Å². The molecule has 0 atom stereocenters. The number of hydrogen-bond donors (Lipinski definition) is 0. The summed E-state index contributed by atoms with van der Waals surface area (Å²) in [6, 6.07) is 7.34. The first-order valence-corrected chi connectivity index (χ1v) is 6.27. The molecule has 1 aliphatic heterocycles. The molecule has 0 bridgehead atoms. The van der Waals surface area contributed by atoms with E-state index in [2.05, 4.69) is 0 Å². The highest BCUT2D eigenvalue weighted by molar-refractivity contribution is 6.62. The van der Waals surface area contributed by atoms with Crippen molar-refractivity contribution in [2.75, 3.05) is 13.1 Å². The fraction of sp³-hybridized carbons (Fsp3) is 0.417. The van der Waals surface area contributed by atoms with Crippen LogP contribution in [0.1, 0.15) is 12.8 Å². The zero-order valence-electron chi connectivity index (χ0n) is 9.23. The molecule has 1 aromatic rings. The summed E-state index contributed by atoms with van der Waals surface area (Å²) in [5, 5.41) is 0.280. The Morgan fingerprint density at radius 2 is 2.06 bits per heavy atom. The number of hydrogen-bond acceptors (Lipinski definition) is 2. The van der Waals surface area contributed by atoms with Crippen LogP contribution in [0.25, 0.3) is 0 Å². The van der Waals surface area contributed by atoms with Crippen molar-refractivity contribution < 1.29 is 9.53 Å². The van der Waals surface area contributed by atoms with Gasteiger partial charge in [-0.25, -0.2) is 0 Å². The molecular formula is C12H13Cl2NO2. The molecule has 1 aromatic carbocycles. The third-order valence-electron chi connectivity index (χ3n) is 2.79. The van der Waals surface area contributed by atoms with Gasteiger partial charge in [-0.05, 0) is 29.8 Å². The van der Waals surface area contributed by atoms with Crippen LogP contribution >= 0.6 is 23.2 Å². The second kappa shape index (κ2) is 5.61. The number of carbonyl (C=O) groups is 1. The van der Waals surface area contributed by atoms with Crippen LogP contribution in [0, 0.1) is 0 Å². The maximum atomic E-state index is 10.9. The average molecular weight is 274 g/mol. The molecule has 1 aliphatic rings. The van der Waals surface area contributed by atoms with E-state index in [-0.39, 0.29) is 11.5 Å². The third-order valence-corrected chi connectivity index (χ3v) is 3.26. The van der Waals surface area contributed by atoms with Crippen molar-refractivity contribution in [3.63, 3.8) is 0 Å². The van der Waals surface area contributed by atoms with Crippen LogP contribution in [0.4, 0.5) is 4.79 Å². The Hall–Kier alpha value is -0.930. The number of piperidine rings is 1. The van der Waals surface area contributed by atoms with Crippen LogP contribution in [0.15, 0.2) is 24.3 Å². The van der Waals surface area contributed by atoms with Crippen LogP contribution in [-0.4, -0.2) is 29.5 Å². The van der Waals surface area contributed by atoms with E-state index in [1.165, 1.54) is 0 Å². The Morgan fingerprint density at radius 1 is 1.35 bits per heavy atom. The standard InChI is InChI=1S/C12H13Cl2NO2/c13-9-2-1-3-11(8-9)17-10-4-6-15(7-5-10)12(14)16/h1-3,8,10H,4-7H2. The Kier molecular flexibility index (Phi) is 4.13. The minimum atomic E-state index is -0.383. The molecule has 0 unspecified atom stereocenters. The normalized spacial score (nSPS) is 16.9. The Balaban J connectivity index is 1.88. The second-order valence-corrected chi connectivity index (χ2v) is 4.77. The molecule has 5 heteroatoms. The number of ether oxygens (including phenoxy) is 1. The van der Waals surface area contributed by atoms with Crippen molar-refractivity contribution in [2.24, 2.45) is 0 Å². The lowest BCUT2D eigenvalue weighted by Crippen LogP contribution is -2.39. The zero-order chi connectivity index (χ0) is 12.3. The number of rotatable bonds is 2. The lowest BCUT2D eigenvalue weighted by molar-refractivity contribution is 0.118. The van der Waals surface area contributed by atoms with Gasteiger partial charge < -0.3 is 9.64 Å². The van der Waals surface area contributed by atoms with Gasteiger partial charge in [0.25, 0.3) is 0 Å². The topological polar surface area (TPSA) is 29.5 Å². The average Bonchev–Trinajstić information content (AvgIpc) is 2.29. The lowest BCUT2D eigenvalue weighted by Gasteiger charge is -2.30. The molecule has 0 N–H and O–H groups in total. The van der Waals surface area contributed by atoms with Crippen molar-refractivity contribution in [3.8, 4) is 5.75 Å². The van der Waals surface area contributed by atoms with Crippen molar-refractivity contribution in [3.05, 3.63) is 29.3 Å². The van der Waals surface area contributed by atoms with E-state index in [0.717, 1.165) is 18.6 Å². The summed E-state index contributed by atoms with van der Waals surface area (Å²) in [4.78, 5) is 12.6. The first kappa shape index (κ1) is 12.5. The number of likely N-dealkylation sites (tertiary alicyclic amines) is 1. The fourth-order valence-electron chi connectivity index (χ4n) is 1.88. The van der Waals surface area contributed by atoms with Gasteiger partial charge in [-0.1, -0.05) is 17.7 Å². The molecular weight excluding hydrogens is 261 g/mol. The van der Waals surface area contributed by atoms with Gasteiger partial charge in [0.15, 0.2) is 0 Å². The fourth-order valence-corrected chi connectivity index (χ4v) is 2.23. The maximum absolute atomic E-state index is 10.9. The van der Waals surface area contributed by atoms with E-state index in [1.54, 1.807) is 11.0 Å². The molecule has 0 saturated carbocycles. The van der Waals surface area contributed by atoms with Crippen molar-refractivity contribution in [2.45, 2.75) is 18.9 Å². The molecule has 3 nitrogen and oxygen atoms in total.